The Bertz CT molecular complexity index is 393. The average Bonchev–Trinajstić information content (AvgIpc) is 2.37. The number of carbonyl (C=O) groups excluding carboxylic acids is 1. The van der Waals surface area contributed by atoms with Gasteiger partial charge in [0.1, 0.15) is 6.04 Å². The number of carbonyl (C=O) groups is 1. The molecule has 0 amide bonds. The molecule has 0 aliphatic rings. The van der Waals surface area contributed by atoms with Gasteiger partial charge in [-0.3, -0.25) is 4.79 Å². The van der Waals surface area contributed by atoms with Crippen molar-refractivity contribution in [3.63, 3.8) is 0 Å². The van der Waals surface area contributed by atoms with E-state index in [0.29, 0.717) is 5.56 Å². The molecule has 0 aliphatic carbocycles. The topological polar surface area (TPSA) is 91.0 Å². The van der Waals surface area contributed by atoms with Crippen molar-refractivity contribution in [2.45, 2.75) is 6.04 Å². The SMILES string of the molecule is COC(=O)[C@@H](N)c1cc(OC)c(O)c(OC)c1. The maximum absolute atomic E-state index is 11.3. The Morgan fingerprint density at radius 2 is 1.71 bits per heavy atom. The number of benzene rings is 1. The first-order valence-corrected chi connectivity index (χ1v) is 4.83. The first-order valence-electron chi connectivity index (χ1n) is 4.83. The van der Waals surface area contributed by atoms with Gasteiger partial charge in [0.2, 0.25) is 5.75 Å². The van der Waals surface area contributed by atoms with Gasteiger partial charge in [0.15, 0.2) is 11.5 Å². The predicted molar refractivity (Wildman–Crippen MR) is 60.2 cm³/mol. The van der Waals surface area contributed by atoms with Gasteiger partial charge in [-0.15, -0.1) is 0 Å². The van der Waals surface area contributed by atoms with E-state index in [1.807, 2.05) is 0 Å². The Balaban J connectivity index is 3.21. The van der Waals surface area contributed by atoms with Gasteiger partial charge < -0.3 is 25.1 Å². The van der Waals surface area contributed by atoms with Crippen LogP contribution < -0.4 is 15.2 Å². The molecule has 0 unspecified atom stereocenters. The quantitative estimate of drug-likeness (QED) is 0.749. The fourth-order valence-corrected chi connectivity index (χ4v) is 1.36. The lowest BCUT2D eigenvalue weighted by molar-refractivity contribution is -0.142. The van der Waals surface area contributed by atoms with Crippen LogP contribution in [0.2, 0.25) is 0 Å². The molecule has 6 nitrogen and oxygen atoms in total. The number of ether oxygens (including phenoxy) is 3. The first kappa shape index (κ1) is 13.1. The molecule has 0 radical (unpaired) electrons. The molecule has 3 N–H and O–H groups in total. The molecule has 1 aromatic rings. The van der Waals surface area contributed by atoms with Crippen molar-refractivity contribution in [3.05, 3.63) is 17.7 Å². The number of nitrogens with two attached hydrogens (primary N) is 1. The number of hydrogen-bond donors (Lipinski definition) is 2. The van der Waals surface area contributed by atoms with Gasteiger partial charge in [-0.05, 0) is 17.7 Å². The number of phenols is 1. The summed E-state index contributed by atoms with van der Waals surface area (Å²) in [7, 11) is 4.03. The van der Waals surface area contributed by atoms with E-state index in [9.17, 15) is 9.90 Å². The molecule has 0 spiro atoms. The summed E-state index contributed by atoms with van der Waals surface area (Å²) >= 11 is 0. The van der Waals surface area contributed by atoms with E-state index in [1.54, 1.807) is 0 Å². The highest BCUT2D eigenvalue weighted by Gasteiger charge is 2.20. The van der Waals surface area contributed by atoms with Crippen LogP contribution in [0.15, 0.2) is 12.1 Å². The molecule has 0 bridgehead atoms. The molecule has 1 aromatic carbocycles. The first-order chi connectivity index (χ1) is 8.04. The summed E-state index contributed by atoms with van der Waals surface area (Å²) in [6.45, 7) is 0. The Hall–Kier alpha value is -1.95. The van der Waals surface area contributed by atoms with Crippen LogP contribution in [0.25, 0.3) is 0 Å². The fraction of sp³-hybridized carbons (Fsp3) is 0.364. The van der Waals surface area contributed by atoms with E-state index < -0.39 is 12.0 Å². The lowest BCUT2D eigenvalue weighted by atomic mass is 10.1. The van der Waals surface area contributed by atoms with E-state index in [-0.39, 0.29) is 17.2 Å². The van der Waals surface area contributed by atoms with Crippen LogP contribution in [0.3, 0.4) is 0 Å². The molecule has 6 heteroatoms. The van der Waals surface area contributed by atoms with Crippen molar-refractivity contribution in [1.29, 1.82) is 0 Å². The van der Waals surface area contributed by atoms with Crippen molar-refractivity contribution in [2.75, 3.05) is 21.3 Å². The second kappa shape index (κ2) is 5.40. The van der Waals surface area contributed by atoms with Crippen LogP contribution in [0.1, 0.15) is 11.6 Å². The van der Waals surface area contributed by atoms with Crippen LogP contribution in [-0.2, 0) is 9.53 Å². The summed E-state index contributed by atoms with van der Waals surface area (Å²) in [4.78, 5) is 11.3. The van der Waals surface area contributed by atoms with Crippen molar-refractivity contribution in [2.24, 2.45) is 5.73 Å². The molecule has 1 atom stereocenters. The van der Waals surface area contributed by atoms with Gasteiger partial charge in [-0.25, -0.2) is 0 Å². The van der Waals surface area contributed by atoms with Crippen LogP contribution in [0.5, 0.6) is 17.2 Å². The zero-order valence-electron chi connectivity index (χ0n) is 9.89. The Kier molecular flexibility index (Phi) is 4.17. The van der Waals surface area contributed by atoms with Crippen LogP contribution >= 0.6 is 0 Å². The molecule has 0 aromatic heterocycles. The molecule has 1 rings (SSSR count). The highest BCUT2D eigenvalue weighted by molar-refractivity contribution is 5.78. The second-order valence-electron chi connectivity index (χ2n) is 3.27. The third-order valence-corrected chi connectivity index (χ3v) is 2.32. The van der Waals surface area contributed by atoms with Crippen molar-refractivity contribution in [1.82, 2.24) is 0 Å². The van der Waals surface area contributed by atoms with Gasteiger partial charge in [-0.1, -0.05) is 0 Å². The largest absolute Gasteiger partial charge is 0.502 e. The zero-order chi connectivity index (χ0) is 13.0. The monoisotopic (exact) mass is 241 g/mol. The summed E-state index contributed by atoms with van der Waals surface area (Å²) < 4.78 is 14.4. The maximum atomic E-state index is 11.3. The van der Waals surface area contributed by atoms with Gasteiger partial charge in [0.25, 0.3) is 0 Å². The van der Waals surface area contributed by atoms with E-state index in [0.717, 1.165) is 0 Å². The molecule has 0 aliphatic heterocycles. The summed E-state index contributed by atoms with van der Waals surface area (Å²) in [5.41, 5.74) is 6.11. The van der Waals surface area contributed by atoms with Gasteiger partial charge in [0, 0.05) is 0 Å². The molecule has 0 heterocycles. The van der Waals surface area contributed by atoms with Crippen LogP contribution in [-0.4, -0.2) is 32.4 Å². The Morgan fingerprint density at radius 3 is 2.06 bits per heavy atom. The number of aromatic hydroxyl groups is 1. The maximum Gasteiger partial charge on any atom is 0.327 e. The van der Waals surface area contributed by atoms with E-state index >= 15 is 0 Å². The van der Waals surface area contributed by atoms with Gasteiger partial charge in [-0.2, -0.15) is 0 Å². The van der Waals surface area contributed by atoms with Crippen LogP contribution in [0, 0.1) is 0 Å². The minimum atomic E-state index is -0.955. The predicted octanol–water partition coefficient (Wildman–Crippen LogP) is 0.582. The third kappa shape index (κ3) is 2.59. The smallest absolute Gasteiger partial charge is 0.327 e. The van der Waals surface area contributed by atoms with Crippen LogP contribution in [0.4, 0.5) is 0 Å². The second-order valence-corrected chi connectivity index (χ2v) is 3.27. The third-order valence-electron chi connectivity index (χ3n) is 2.32. The molecule has 0 fully saturated rings. The molecule has 0 saturated carbocycles. The number of hydrogen-bond acceptors (Lipinski definition) is 6. The minimum Gasteiger partial charge on any atom is -0.502 e. The normalized spacial score (nSPS) is 11.8. The average molecular weight is 241 g/mol. The molecule has 0 saturated heterocycles. The van der Waals surface area contributed by atoms with Crippen molar-refractivity contribution >= 4 is 5.97 Å². The molecular formula is C11H15NO5. The van der Waals surface area contributed by atoms with E-state index in [2.05, 4.69) is 4.74 Å². The molecule has 94 valence electrons. The Morgan fingerprint density at radius 1 is 1.24 bits per heavy atom. The number of phenolic OH excluding ortho intramolecular Hbond substituents is 1. The minimum absolute atomic E-state index is 0.143. The fourth-order valence-electron chi connectivity index (χ4n) is 1.36. The standard InChI is InChI=1S/C11H15NO5/c1-15-7-4-6(9(12)11(14)17-3)5-8(16-2)10(7)13/h4-5,9,13H,12H2,1-3H3/t9-/m0/s1. The lowest BCUT2D eigenvalue weighted by Crippen LogP contribution is -2.22. The number of rotatable bonds is 4. The number of esters is 1. The Labute approximate surface area is 98.9 Å². The number of methoxy groups -OCH3 is 3. The van der Waals surface area contributed by atoms with Crippen molar-refractivity contribution in [3.8, 4) is 17.2 Å². The van der Waals surface area contributed by atoms with E-state index in [1.165, 1.54) is 33.5 Å². The highest BCUT2D eigenvalue weighted by Crippen LogP contribution is 2.38. The summed E-state index contributed by atoms with van der Waals surface area (Å²) in [6.07, 6.45) is 0. The molecule has 17 heavy (non-hydrogen) atoms. The summed E-state index contributed by atoms with van der Waals surface area (Å²) in [6, 6.07) is 1.96. The highest BCUT2D eigenvalue weighted by atomic mass is 16.5. The van der Waals surface area contributed by atoms with Gasteiger partial charge >= 0.3 is 5.97 Å². The molecular weight excluding hydrogens is 226 g/mol. The summed E-state index contributed by atoms with van der Waals surface area (Å²) in [5, 5.41) is 9.68. The lowest BCUT2D eigenvalue weighted by Gasteiger charge is -2.14. The summed E-state index contributed by atoms with van der Waals surface area (Å²) in [5.74, 6) is -0.368. The van der Waals surface area contributed by atoms with E-state index in [4.69, 9.17) is 15.2 Å². The van der Waals surface area contributed by atoms with Gasteiger partial charge in [0.05, 0.1) is 21.3 Å². The van der Waals surface area contributed by atoms with Crippen molar-refractivity contribution < 1.29 is 24.1 Å². The zero-order valence-corrected chi connectivity index (χ0v) is 9.89.